The lowest BCUT2D eigenvalue weighted by Crippen LogP contribution is -2.56. The fourth-order valence-electron chi connectivity index (χ4n) is 2.75. The number of piperazine rings is 1. The molecule has 0 radical (unpaired) electrons. The summed E-state index contributed by atoms with van der Waals surface area (Å²) >= 11 is 0. The van der Waals surface area contributed by atoms with Crippen LogP contribution in [0.5, 0.6) is 0 Å². The van der Waals surface area contributed by atoms with E-state index < -0.39 is 16.0 Å². The van der Waals surface area contributed by atoms with Crippen LogP contribution < -0.4 is 5.32 Å². The lowest BCUT2D eigenvalue weighted by atomic mass is 10.2. The Labute approximate surface area is 142 Å². The van der Waals surface area contributed by atoms with E-state index in [0.717, 1.165) is 0 Å². The van der Waals surface area contributed by atoms with Crippen LogP contribution >= 0.6 is 12.4 Å². The highest BCUT2D eigenvalue weighted by Gasteiger charge is 2.39. The zero-order chi connectivity index (χ0) is 16.7. The van der Waals surface area contributed by atoms with Crippen LogP contribution in [-0.2, 0) is 14.8 Å². The van der Waals surface area contributed by atoms with Crippen LogP contribution in [0.4, 0.5) is 0 Å². The quantitative estimate of drug-likeness (QED) is 0.815. The fourth-order valence-corrected chi connectivity index (χ4v) is 4.84. The van der Waals surface area contributed by atoms with Crippen molar-refractivity contribution in [3.05, 3.63) is 17.1 Å². The van der Waals surface area contributed by atoms with E-state index in [9.17, 15) is 13.2 Å². The number of furan rings is 1. The van der Waals surface area contributed by atoms with Gasteiger partial charge in [-0.3, -0.25) is 0 Å². The molecule has 1 saturated heterocycles. The average molecular weight is 367 g/mol. The van der Waals surface area contributed by atoms with E-state index in [1.54, 1.807) is 13.8 Å². The number of nitrogens with zero attached hydrogens (tertiary/aromatic N) is 1. The molecule has 2 atom stereocenters. The molecule has 0 bridgehead atoms. The highest BCUT2D eigenvalue weighted by molar-refractivity contribution is 7.89. The lowest BCUT2D eigenvalue weighted by Gasteiger charge is -2.36. The highest BCUT2D eigenvalue weighted by Crippen LogP contribution is 2.31. The number of hydrogen-bond donors (Lipinski definition) is 1. The summed E-state index contributed by atoms with van der Waals surface area (Å²) in [6.07, 6.45) is 0. The standard InChI is InChI=1S/C14H22N2O5S.ClH/c1-8-7-16(9(2)6-15-8)22(18,19)13-11(4)21-10(3)12(13)14(17)20-5;/h8-9,15H,6-7H2,1-5H3;1H. The van der Waals surface area contributed by atoms with E-state index in [2.05, 4.69) is 5.32 Å². The molecule has 0 saturated carbocycles. The summed E-state index contributed by atoms with van der Waals surface area (Å²) in [4.78, 5) is 11.9. The number of carbonyl (C=O) groups excluding carboxylic acids is 1. The van der Waals surface area contributed by atoms with Gasteiger partial charge in [0.2, 0.25) is 10.0 Å². The molecule has 1 N–H and O–H groups in total. The minimum absolute atomic E-state index is 0. The molecule has 23 heavy (non-hydrogen) atoms. The largest absolute Gasteiger partial charge is 0.465 e. The van der Waals surface area contributed by atoms with Crippen molar-refractivity contribution in [1.29, 1.82) is 0 Å². The van der Waals surface area contributed by atoms with Crippen LogP contribution in [0.25, 0.3) is 0 Å². The molecule has 2 heterocycles. The first-order chi connectivity index (χ1) is 10.2. The molecule has 1 aromatic heterocycles. The molecule has 2 rings (SSSR count). The minimum atomic E-state index is -3.84. The van der Waals surface area contributed by atoms with Crippen molar-refractivity contribution in [1.82, 2.24) is 9.62 Å². The van der Waals surface area contributed by atoms with E-state index in [4.69, 9.17) is 9.15 Å². The first-order valence-corrected chi connectivity index (χ1v) is 8.57. The van der Waals surface area contributed by atoms with Gasteiger partial charge in [-0.15, -0.1) is 12.4 Å². The van der Waals surface area contributed by atoms with Crippen molar-refractivity contribution in [3.8, 4) is 0 Å². The second-order valence-corrected chi connectivity index (χ2v) is 7.47. The Morgan fingerprint density at radius 1 is 1.30 bits per heavy atom. The van der Waals surface area contributed by atoms with Crippen molar-refractivity contribution in [2.24, 2.45) is 0 Å². The first-order valence-electron chi connectivity index (χ1n) is 7.13. The van der Waals surface area contributed by atoms with Gasteiger partial charge in [-0.25, -0.2) is 13.2 Å². The van der Waals surface area contributed by atoms with Crippen molar-refractivity contribution in [3.63, 3.8) is 0 Å². The van der Waals surface area contributed by atoms with Crippen molar-refractivity contribution in [2.75, 3.05) is 20.2 Å². The molecule has 1 aliphatic rings. The molecule has 132 valence electrons. The molecule has 9 heteroatoms. The van der Waals surface area contributed by atoms with Gasteiger partial charge >= 0.3 is 5.97 Å². The van der Waals surface area contributed by atoms with E-state index in [0.29, 0.717) is 13.1 Å². The molecule has 1 fully saturated rings. The Bertz CT molecular complexity index is 686. The van der Waals surface area contributed by atoms with Crippen molar-refractivity contribution < 1.29 is 22.4 Å². The maximum absolute atomic E-state index is 13.0. The third-order valence-corrected chi connectivity index (χ3v) is 6.00. The number of esters is 1. The monoisotopic (exact) mass is 366 g/mol. The van der Waals surface area contributed by atoms with Crippen molar-refractivity contribution in [2.45, 2.75) is 44.7 Å². The van der Waals surface area contributed by atoms with Gasteiger partial charge in [0, 0.05) is 25.2 Å². The number of hydrogen-bond acceptors (Lipinski definition) is 6. The number of sulfonamides is 1. The van der Waals surface area contributed by atoms with Crippen LogP contribution in [0.3, 0.4) is 0 Å². The van der Waals surface area contributed by atoms with Gasteiger partial charge in [-0.2, -0.15) is 4.31 Å². The zero-order valence-electron chi connectivity index (χ0n) is 13.9. The van der Waals surface area contributed by atoms with E-state index in [1.165, 1.54) is 11.4 Å². The van der Waals surface area contributed by atoms with Gasteiger partial charge in [0.1, 0.15) is 22.0 Å². The fraction of sp³-hybridized carbons (Fsp3) is 0.643. The zero-order valence-corrected chi connectivity index (χ0v) is 15.5. The molecule has 0 spiro atoms. The summed E-state index contributed by atoms with van der Waals surface area (Å²) in [6.45, 7) is 7.75. The van der Waals surface area contributed by atoms with E-state index in [-0.39, 0.29) is 46.5 Å². The Kier molecular flexibility index (Phi) is 6.25. The Morgan fingerprint density at radius 3 is 2.48 bits per heavy atom. The molecule has 0 aromatic carbocycles. The Hall–Kier alpha value is -1.09. The second kappa shape index (κ2) is 7.21. The summed E-state index contributed by atoms with van der Waals surface area (Å²) in [7, 11) is -2.62. The van der Waals surface area contributed by atoms with Crippen LogP contribution in [0, 0.1) is 13.8 Å². The van der Waals surface area contributed by atoms with Gasteiger partial charge in [-0.1, -0.05) is 0 Å². The SMILES string of the molecule is COC(=O)c1c(C)oc(C)c1S(=O)(=O)N1CC(C)NCC1C.Cl. The third-order valence-electron chi connectivity index (χ3n) is 3.87. The first kappa shape index (κ1) is 20.0. The predicted molar refractivity (Wildman–Crippen MR) is 87.6 cm³/mol. The van der Waals surface area contributed by atoms with Gasteiger partial charge < -0.3 is 14.5 Å². The topological polar surface area (TPSA) is 88.8 Å². The maximum Gasteiger partial charge on any atom is 0.342 e. The van der Waals surface area contributed by atoms with Crippen LogP contribution in [-0.4, -0.2) is 51.0 Å². The molecule has 2 unspecified atom stereocenters. The summed E-state index contributed by atoms with van der Waals surface area (Å²) < 4.78 is 37.6. The number of rotatable bonds is 3. The molecule has 0 aliphatic carbocycles. The van der Waals surface area contributed by atoms with E-state index >= 15 is 0 Å². The number of nitrogens with one attached hydrogen (secondary N) is 1. The van der Waals surface area contributed by atoms with Gasteiger partial charge in [-0.05, 0) is 27.7 Å². The third kappa shape index (κ3) is 3.55. The number of aryl methyl sites for hydroxylation is 2. The molecular formula is C14H23ClN2O5S. The predicted octanol–water partition coefficient (Wildman–Crippen LogP) is 1.48. The summed E-state index contributed by atoms with van der Waals surface area (Å²) in [5.74, 6) is -0.251. The average Bonchev–Trinajstić information content (AvgIpc) is 2.75. The Morgan fingerprint density at radius 2 is 1.91 bits per heavy atom. The molecule has 7 nitrogen and oxygen atoms in total. The van der Waals surface area contributed by atoms with Crippen LogP contribution in [0.15, 0.2) is 9.31 Å². The lowest BCUT2D eigenvalue weighted by molar-refractivity contribution is 0.0594. The smallest absolute Gasteiger partial charge is 0.342 e. The van der Waals surface area contributed by atoms with Gasteiger partial charge in [0.25, 0.3) is 0 Å². The van der Waals surface area contributed by atoms with Gasteiger partial charge in [0.05, 0.1) is 7.11 Å². The van der Waals surface area contributed by atoms with Crippen LogP contribution in [0.1, 0.15) is 35.7 Å². The summed E-state index contributed by atoms with van der Waals surface area (Å²) in [5, 5.41) is 3.23. The summed E-state index contributed by atoms with van der Waals surface area (Å²) in [5.41, 5.74) is -0.0154. The highest BCUT2D eigenvalue weighted by atomic mass is 35.5. The van der Waals surface area contributed by atoms with Crippen LogP contribution in [0.2, 0.25) is 0 Å². The maximum atomic E-state index is 13.0. The second-order valence-electron chi connectivity index (χ2n) is 5.64. The normalized spacial score (nSPS) is 22.5. The van der Waals surface area contributed by atoms with Crippen molar-refractivity contribution >= 4 is 28.4 Å². The number of carbonyl (C=O) groups is 1. The molecule has 1 aliphatic heterocycles. The minimum Gasteiger partial charge on any atom is -0.465 e. The number of ether oxygens (including phenoxy) is 1. The van der Waals surface area contributed by atoms with Gasteiger partial charge in [0.15, 0.2) is 0 Å². The molecular weight excluding hydrogens is 344 g/mol. The van der Waals surface area contributed by atoms with E-state index in [1.807, 2.05) is 13.8 Å². The molecule has 0 amide bonds. The number of halogens is 1. The summed E-state index contributed by atoms with van der Waals surface area (Å²) in [6, 6.07) is -0.165. The Balaban J connectivity index is 0.00000264. The number of methoxy groups -OCH3 is 1. The molecule has 1 aromatic rings.